The molecule has 1 aromatic carbocycles. The molecule has 0 unspecified atom stereocenters. The molecule has 0 aliphatic rings. The van der Waals surface area contributed by atoms with Crippen LogP contribution in [0.25, 0.3) is 0 Å². The van der Waals surface area contributed by atoms with Crippen molar-refractivity contribution in [3.05, 3.63) is 38.8 Å². The Morgan fingerprint density at radius 3 is 2.74 bits per heavy atom. The molecule has 19 heavy (non-hydrogen) atoms. The molecule has 5 heteroatoms. The summed E-state index contributed by atoms with van der Waals surface area (Å²) in [7, 11) is 0. The van der Waals surface area contributed by atoms with Gasteiger partial charge in [-0.1, -0.05) is 36.7 Å². The van der Waals surface area contributed by atoms with Gasteiger partial charge >= 0.3 is 0 Å². The maximum Gasteiger partial charge on any atom is 0.0982 e. The number of nitrogens with zero attached hydrogens (tertiary/aromatic N) is 1. The molecule has 2 aromatic rings. The third-order valence-electron chi connectivity index (χ3n) is 2.54. The minimum absolute atomic E-state index is 0.127. The molecular formula is C14H17BrN2S2. The lowest BCUT2D eigenvalue weighted by Crippen LogP contribution is -2.10. The molecule has 2 N–H and O–H groups in total. The number of thioether (sulfide) groups is 1. The number of hydrogen-bond acceptors (Lipinski definition) is 4. The predicted molar refractivity (Wildman–Crippen MR) is 88.9 cm³/mol. The maximum absolute atomic E-state index is 5.97. The van der Waals surface area contributed by atoms with Crippen molar-refractivity contribution in [2.45, 2.75) is 36.8 Å². The number of thiazole rings is 1. The van der Waals surface area contributed by atoms with Crippen LogP contribution >= 0.6 is 39.0 Å². The summed E-state index contributed by atoms with van der Waals surface area (Å²) in [5.74, 6) is 0.854. The van der Waals surface area contributed by atoms with Crippen LogP contribution in [0.4, 0.5) is 5.69 Å². The highest BCUT2D eigenvalue weighted by Crippen LogP contribution is 2.32. The average molecular weight is 357 g/mol. The van der Waals surface area contributed by atoms with Crippen LogP contribution in [-0.2, 0) is 11.2 Å². The van der Waals surface area contributed by atoms with Gasteiger partial charge in [-0.15, -0.1) is 23.1 Å². The molecule has 0 bridgehead atoms. The van der Waals surface area contributed by atoms with Crippen molar-refractivity contribution >= 4 is 44.7 Å². The smallest absolute Gasteiger partial charge is 0.0982 e. The first-order valence-electron chi connectivity index (χ1n) is 5.99. The Hall–Kier alpha value is -0.520. The Kier molecular flexibility index (Phi) is 4.58. The van der Waals surface area contributed by atoms with Gasteiger partial charge in [-0.3, -0.25) is 0 Å². The van der Waals surface area contributed by atoms with E-state index >= 15 is 0 Å². The van der Waals surface area contributed by atoms with Gasteiger partial charge in [-0.25, -0.2) is 4.98 Å². The second kappa shape index (κ2) is 5.85. The number of benzene rings is 1. The molecule has 0 radical (unpaired) electrons. The van der Waals surface area contributed by atoms with Crippen LogP contribution in [-0.4, -0.2) is 4.98 Å². The summed E-state index contributed by atoms with van der Waals surface area (Å²) in [5, 5.41) is 3.33. The van der Waals surface area contributed by atoms with E-state index in [1.54, 1.807) is 23.1 Å². The highest BCUT2D eigenvalue weighted by Gasteiger charge is 2.18. The van der Waals surface area contributed by atoms with Crippen LogP contribution < -0.4 is 5.73 Å². The molecule has 1 heterocycles. The van der Waals surface area contributed by atoms with Crippen LogP contribution in [0.5, 0.6) is 0 Å². The molecule has 0 atom stereocenters. The fourth-order valence-corrected chi connectivity index (χ4v) is 3.92. The molecule has 1 aromatic heterocycles. The number of anilines is 1. The van der Waals surface area contributed by atoms with Crippen molar-refractivity contribution in [2.75, 3.05) is 5.73 Å². The van der Waals surface area contributed by atoms with Gasteiger partial charge in [0.2, 0.25) is 0 Å². The first-order chi connectivity index (χ1) is 8.86. The lowest BCUT2D eigenvalue weighted by Gasteiger charge is -2.13. The van der Waals surface area contributed by atoms with E-state index in [9.17, 15) is 0 Å². The summed E-state index contributed by atoms with van der Waals surface area (Å²) in [6, 6.07) is 5.94. The van der Waals surface area contributed by atoms with Gasteiger partial charge in [0, 0.05) is 31.6 Å². The van der Waals surface area contributed by atoms with Gasteiger partial charge in [0.1, 0.15) is 0 Å². The van der Waals surface area contributed by atoms with Crippen molar-refractivity contribution in [2.24, 2.45) is 0 Å². The molecule has 102 valence electrons. The van der Waals surface area contributed by atoms with Gasteiger partial charge in [0.05, 0.1) is 10.7 Å². The number of nitrogen functional groups attached to an aromatic ring is 1. The van der Waals surface area contributed by atoms with E-state index in [0.29, 0.717) is 0 Å². The Balaban J connectivity index is 2.06. The van der Waals surface area contributed by atoms with Crippen molar-refractivity contribution in [3.8, 4) is 0 Å². The largest absolute Gasteiger partial charge is 0.398 e. The Morgan fingerprint density at radius 1 is 1.37 bits per heavy atom. The Morgan fingerprint density at radius 2 is 2.11 bits per heavy atom. The van der Waals surface area contributed by atoms with Crippen molar-refractivity contribution in [1.29, 1.82) is 0 Å². The molecule has 0 aliphatic heterocycles. The average Bonchev–Trinajstić information content (AvgIpc) is 2.79. The van der Waals surface area contributed by atoms with Gasteiger partial charge in [-0.2, -0.15) is 0 Å². The predicted octanol–water partition coefficient (Wildman–Crippen LogP) is 5.08. The van der Waals surface area contributed by atoms with Crippen LogP contribution in [0.3, 0.4) is 0 Å². The fourth-order valence-electron chi connectivity index (χ4n) is 1.50. The topological polar surface area (TPSA) is 38.9 Å². The molecule has 0 amide bonds. The minimum Gasteiger partial charge on any atom is -0.398 e. The third-order valence-corrected chi connectivity index (χ3v) is 5.46. The van der Waals surface area contributed by atoms with E-state index < -0.39 is 0 Å². The van der Waals surface area contributed by atoms with E-state index in [1.807, 2.05) is 12.1 Å². The summed E-state index contributed by atoms with van der Waals surface area (Å²) in [4.78, 5) is 5.79. The van der Waals surface area contributed by atoms with Gasteiger partial charge in [-0.05, 0) is 18.2 Å². The van der Waals surface area contributed by atoms with Crippen LogP contribution in [0.15, 0.2) is 32.9 Å². The van der Waals surface area contributed by atoms with E-state index in [4.69, 9.17) is 10.7 Å². The number of halogens is 1. The second-order valence-corrected chi connectivity index (χ2v) is 8.16. The zero-order chi connectivity index (χ0) is 14.0. The molecule has 0 fully saturated rings. The standard InChI is InChI=1S/C14H17BrN2S2/c1-14(2,3)13-17-10(8-19-13)7-18-12-6-9(15)4-5-11(12)16/h4-6,8H,7,16H2,1-3H3. The summed E-state index contributed by atoms with van der Waals surface area (Å²) >= 11 is 6.93. The molecule has 0 spiro atoms. The van der Waals surface area contributed by atoms with Crippen molar-refractivity contribution in [3.63, 3.8) is 0 Å². The zero-order valence-electron chi connectivity index (χ0n) is 11.2. The quantitative estimate of drug-likeness (QED) is 0.615. The lowest BCUT2D eigenvalue weighted by atomic mass is 9.98. The van der Waals surface area contributed by atoms with Gasteiger partial charge < -0.3 is 5.73 Å². The van der Waals surface area contributed by atoms with Gasteiger partial charge in [0.25, 0.3) is 0 Å². The number of rotatable bonds is 3. The molecule has 0 saturated carbocycles. The van der Waals surface area contributed by atoms with E-state index in [2.05, 4.69) is 48.1 Å². The number of hydrogen-bond donors (Lipinski definition) is 1. The highest BCUT2D eigenvalue weighted by atomic mass is 79.9. The summed E-state index contributed by atoms with van der Waals surface area (Å²) < 4.78 is 1.05. The third kappa shape index (κ3) is 3.97. The molecule has 2 rings (SSSR count). The summed E-state index contributed by atoms with van der Waals surface area (Å²) in [6.45, 7) is 6.57. The van der Waals surface area contributed by atoms with E-state index in [1.165, 1.54) is 5.01 Å². The normalized spacial score (nSPS) is 11.8. The van der Waals surface area contributed by atoms with Gasteiger partial charge in [0.15, 0.2) is 0 Å². The second-order valence-electron chi connectivity index (χ2n) is 5.36. The summed E-state index contributed by atoms with van der Waals surface area (Å²) in [5.41, 5.74) is 8.04. The first kappa shape index (κ1) is 14.9. The first-order valence-corrected chi connectivity index (χ1v) is 8.65. The zero-order valence-corrected chi connectivity index (χ0v) is 14.5. The van der Waals surface area contributed by atoms with E-state index in [0.717, 1.165) is 26.5 Å². The van der Waals surface area contributed by atoms with E-state index in [-0.39, 0.29) is 5.41 Å². The molecule has 0 aliphatic carbocycles. The minimum atomic E-state index is 0.127. The van der Waals surface area contributed by atoms with Crippen molar-refractivity contribution in [1.82, 2.24) is 4.98 Å². The number of nitrogens with two attached hydrogens (primary N) is 1. The van der Waals surface area contributed by atoms with Crippen LogP contribution in [0, 0.1) is 0 Å². The Labute approximate surface area is 131 Å². The van der Waals surface area contributed by atoms with Crippen molar-refractivity contribution < 1.29 is 0 Å². The number of aromatic nitrogens is 1. The van der Waals surface area contributed by atoms with Crippen LogP contribution in [0.1, 0.15) is 31.5 Å². The SMILES string of the molecule is CC(C)(C)c1nc(CSc2cc(Br)ccc2N)cs1. The molecular weight excluding hydrogens is 340 g/mol. The maximum atomic E-state index is 5.97. The Bertz CT molecular complexity index is 573. The lowest BCUT2D eigenvalue weighted by molar-refractivity contribution is 0.584. The summed E-state index contributed by atoms with van der Waals surface area (Å²) in [6.07, 6.45) is 0. The van der Waals surface area contributed by atoms with Crippen LogP contribution in [0.2, 0.25) is 0 Å². The molecule has 0 saturated heterocycles. The fraction of sp³-hybridized carbons (Fsp3) is 0.357. The highest BCUT2D eigenvalue weighted by molar-refractivity contribution is 9.10. The monoisotopic (exact) mass is 356 g/mol. The molecule has 2 nitrogen and oxygen atoms in total.